The molecule has 0 aromatic carbocycles. The van der Waals surface area contributed by atoms with E-state index in [4.69, 9.17) is 4.98 Å². The van der Waals surface area contributed by atoms with Crippen molar-refractivity contribution in [3.05, 3.63) is 35.0 Å². The molecule has 0 aliphatic carbocycles. The maximum Gasteiger partial charge on any atom is 0.219 e. The fraction of sp³-hybridized carbons (Fsp3) is 0.438. The molecule has 22 heavy (non-hydrogen) atoms. The summed E-state index contributed by atoms with van der Waals surface area (Å²) >= 11 is 1.62. The van der Waals surface area contributed by atoms with Gasteiger partial charge in [-0.05, 0) is 31.9 Å². The lowest BCUT2D eigenvalue weighted by Crippen LogP contribution is -2.36. The molecule has 1 fully saturated rings. The van der Waals surface area contributed by atoms with Gasteiger partial charge in [0.1, 0.15) is 5.82 Å². The number of nitrogens with zero attached hydrogens (tertiary/aromatic N) is 3. The van der Waals surface area contributed by atoms with Gasteiger partial charge in [-0.15, -0.1) is 11.3 Å². The predicted octanol–water partition coefficient (Wildman–Crippen LogP) is 3.32. The quantitative estimate of drug-likeness (QED) is 0.944. The van der Waals surface area contributed by atoms with E-state index >= 15 is 0 Å². The van der Waals surface area contributed by atoms with Crippen molar-refractivity contribution in [2.24, 2.45) is 0 Å². The Morgan fingerprint density at radius 2 is 2.14 bits per heavy atom. The van der Waals surface area contributed by atoms with Gasteiger partial charge in [0.05, 0.1) is 0 Å². The smallest absolute Gasteiger partial charge is 0.219 e. The fourth-order valence-corrected chi connectivity index (χ4v) is 3.43. The molecule has 1 N–H and O–H groups in total. The SMILES string of the molecule is CC(=O)N1CCC(c2cccc(Nc3ncc(C)s3)n2)CC1. The Kier molecular flexibility index (Phi) is 4.38. The van der Waals surface area contributed by atoms with Gasteiger partial charge in [-0.2, -0.15) is 0 Å². The summed E-state index contributed by atoms with van der Waals surface area (Å²) < 4.78 is 0. The van der Waals surface area contributed by atoms with E-state index in [-0.39, 0.29) is 5.91 Å². The first kappa shape index (κ1) is 15.0. The van der Waals surface area contributed by atoms with Crippen molar-refractivity contribution in [1.82, 2.24) is 14.9 Å². The topological polar surface area (TPSA) is 58.1 Å². The minimum Gasteiger partial charge on any atom is -0.343 e. The van der Waals surface area contributed by atoms with Crippen LogP contribution < -0.4 is 5.32 Å². The highest BCUT2D eigenvalue weighted by Crippen LogP contribution is 2.28. The molecule has 0 bridgehead atoms. The van der Waals surface area contributed by atoms with Crippen LogP contribution in [0.15, 0.2) is 24.4 Å². The van der Waals surface area contributed by atoms with Crippen LogP contribution in [0.2, 0.25) is 0 Å². The molecule has 3 heterocycles. The minimum atomic E-state index is 0.168. The molecule has 1 aliphatic rings. The Labute approximate surface area is 134 Å². The highest BCUT2D eigenvalue weighted by atomic mass is 32.1. The third-order valence-corrected chi connectivity index (χ3v) is 4.81. The number of anilines is 2. The molecule has 5 nitrogen and oxygen atoms in total. The van der Waals surface area contributed by atoms with E-state index in [9.17, 15) is 4.79 Å². The van der Waals surface area contributed by atoms with Gasteiger partial charge in [0.15, 0.2) is 5.13 Å². The molecule has 2 aromatic heterocycles. The summed E-state index contributed by atoms with van der Waals surface area (Å²) in [5.41, 5.74) is 1.10. The maximum atomic E-state index is 11.4. The van der Waals surface area contributed by atoms with Crippen LogP contribution in [0.1, 0.15) is 36.3 Å². The minimum absolute atomic E-state index is 0.168. The number of amides is 1. The van der Waals surface area contributed by atoms with Crippen LogP contribution in [0.3, 0.4) is 0 Å². The Morgan fingerprint density at radius 1 is 1.36 bits per heavy atom. The number of hydrogen-bond donors (Lipinski definition) is 1. The lowest BCUT2D eigenvalue weighted by molar-refractivity contribution is -0.129. The van der Waals surface area contributed by atoms with E-state index in [1.165, 1.54) is 4.88 Å². The molecule has 0 atom stereocenters. The highest BCUT2D eigenvalue weighted by molar-refractivity contribution is 7.15. The molecule has 116 valence electrons. The average molecular weight is 316 g/mol. The summed E-state index contributed by atoms with van der Waals surface area (Å²) in [6.45, 7) is 5.32. The largest absolute Gasteiger partial charge is 0.343 e. The molecule has 1 amide bonds. The van der Waals surface area contributed by atoms with Crippen molar-refractivity contribution in [3.63, 3.8) is 0 Å². The maximum absolute atomic E-state index is 11.4. The summed E-state index contributed by atoms with van der Waals surface area (Å²) in [6.07, 6.45) is 3.81. The van der Waals surface area contributed by atoms with Crippen LogP contribution >= 0.6 is 11.3 Å². The molecular formula is C16H20N4OS. The van der Waals surface area contributed by atoms with Gasteiger partial charge < -0.3 is 10.2 Å². The number of thiazole rings is 1. The molecule has 2 aromatic rings. The Bertz CT molecular complexity index is 662. The molecule has 0 spiro atoms. The Hall–Kier alpha value is -1.95. The second-order valence-electron chi connectivity index (χ2n) is 5.63. The van der Waals surface area contributed by atoms with E-state index in [1.807, 2.05) is 30.2 Å². The van der Waals surface area contributed by atoms with Crippen LogP contribution in [-0.4, -0.2) is 33.9 Å². The second-order valence-corrected chi connectivity index (χ2v) is 6.86. The van der Waals surface area contributed by atoms with E-state index in [2.05, 4.69) is 16.4 Å². The van der Waals surface area contributed by atoms with Gasteiger partial charge in [0.25, 0.3) is 0 Å². The number of rotatable bonds is 3. The molecule has 0 saturated carbocycles. The van der Waals surface area contributed by atoms with Crippen molar-refractivity contribution >= 4 is 28.2 Å². The molecular weight excluding hydrogens is 296 g/mol. The molecule has 1 aliphatic heterocycles. The highest BCUT2D eigenvalue weighted by Gasteiger charge is 2.22. The zero-order chi connectivity index (χ0) is 15.5. The predicted molar refractivity (Wildman–Crippen MR) is 88.6 cm³/mol. The summed E-state index contributed by atoms with van der Waals surface area (Å²) in [5.74, 6) is 1.43. The van der Waals surface area contributed by atoms with Crippen LogP contribution in [0.5, 0.6) is 0 Å². The summed E-state index contributed by atoms with van der Waals surface area (Å²) in [6, 6.07) is 6.07. The number of aromatic nitrogens is 2. The van der Waals surface area contributed by atoms with Crippen LogP contribution in [-0.2, 0) is 4.79 Å². The standard InChI is InChI=1S/C16H20N4OS/c1-11-10-17-16(22-11)19-15-5-3-4-14(18-15)13-6-8-20(9-7-13)12(2)21/h3-5,10,13H,6-9H2,1-2H3,(H,17,18,19). The molecule has 0 radical (unpaired) electrons. The van der Waals surface area contributed by atoms with E-state index in [0.29, 0.717) is 5.92 Å². The number of carbonyl (C=O) groups excluding carboxylic acids is 1. The van der Waals surface area contributed by atoms with E-state index < -0.39 is 0 Å². The fourth-order valence-electron chi connectivity index (χ4n) is 2.76. The summed E-state index contributed by atoms with van der Waals surface area (Å²) in [5, 5.41) is 4.13. The Morgan fingerprint density at radius 3 is 2.77 bits per heavy atom. The van der Waals surface area contributed by atoms with Crippen LogP contribution in [0.25, 0.3) is 0 Å². The number of carbonyl (C=O) groups is 1. The lowest BCUT2D eigenvalue weighted by atomic mass is 9.93. The van der Waals surface area contributed by atoms with E-state index in [1.54, 1.807) is 18.3 Å². The first-order valence-electron chi connectivity index (χ1n) is 7.54. The number of nitrogens with one attached hydrogen (secondary N) is 1. The van der Waals surface area contributed by atoms with Crippen molar-refractivity contribution in [2.75, 3.05) is 18.4 Å². The molecule has 3 rings (SSSR count). The normalized spacial score (nSPS) is 15.8. The molecule has 1 saturated heterocycles. The van der Waals surface area contributed by atoms with Gasteiger partial charge in [-0.1, -0.05) is 6.07 Å². The lowest BCUT2D eigenvalue weighted by Gasteiger charge is -2.31. The third kappa shape index (κ3) is 3.44. The second kappa shape index (κ2) is 6.44. The molecule has 0 unspecified atom stereocenters. The van der Waals surface area contributed by atoms with Gasteiger partial charge in [-0.25, -0.2) is 9.97 Å². The first-order valence-corrected chi connectivity index (χ1v) is 8.35. The first-order chi connectivity index (χ1) is 10.6. The zero-order valence-corrected chi connectivity index (χ0v) is 13.7. The van der Waals surface area contributed by atoms with Crippen LogP contribution in [0.4, 0.5) is 10.9 Å². The Balaban J connectivity index is 1.68. The summed E-state index contributed by atoms with van der Waals surface area (Å²) in [7, 11) is 0. The average Bonchev–Trinajstić information content (AvgIpc) is 2.93. The van der Waals surface area contributed by atoms with Gasteiger partial charge in [0.2, 0.25) is 5.91 Å². The van der Waals surface area contributed by atoms with Crippen molar-refractivity contribution in [2.45, 2.75) is 32.6 Å². The van der Waals surface area contributed by atoms with Crippen molar-refractivity contribution in [3.8, 4) is 0 Å². The number of piperidine rings is 1. The van der Waals surface area contributed by atoms with Gasteiger partial charge >= 0.3 is 0 Å². The number of hydrogen-bond acceptors (Lipinski definition) is 5. The number of pyridine rings is 1. The van der Waals surface area contributed by atoms with Crippen LogP contribution in [0, 0.1) is 6.92 Å². The zero-order valence-electron chi connectivity index (χ0n) is 12.9. The van der Waals surface area contributed by atoms with Gasteiger partial charge in [0, 0.05) is 42.7 Å². The van der Waals surface area contributed by atoms with Crippen molar-refractivity contribution in [1.29, 1.82) is 0 Å². The number of aryl methyl sites for hydroxylation is 1. The monoisotopic (exact) mass is 316 g/mol. The molecule has 6 heteroatoms. The summed E-state index contributed by atoms with van der Waals surface area (Å²) in [4.78, 5) is 23.5. The third-order valence-electron chi connectivity index (χ3n) is 3.99. The van der Waals surface area contributed by atoms with E-state index in [0.717, 1.165) is 42.6 Å². The van der Waals surface area contributed by atoms with Crippen molar-refractivity contribution < 1.29 is 4.79 Å². The number of likely N-dealkylation sites (tertiary alicyclic amines) is 1. The van der Waals surface area contributed by atoms with Gasteiger partial charge in [-0.3, -0.25) is 4.79 Å².